The van der Waals surface area contributed by atoms with Gasteiger partial charge < -0.3 is 15.2 Å². The fraction of sp³-hybridized carbons (Fsp3) is 0.0909. The molecule has 0 unspecified atom stereocenters. The van der Waals surface area contributed by atoms with Gasteiger partial charge in [-0.25, -0.2) is 0 Å². The highest BCUT2D eigenvalue weighted by atomic mass is 127. The summed E-state index contributed by atoms with van der Waals surface area (Å²) in [5, 5.41) is 12.7. The molecule has 16 heavy (non-hydrogen) atoms. The quantitative estimate of drug-likeness (QED) is 0.660. The van der Waals surface area contributed by atoms with E-state index in [4.69, 9.17) is 0 Å². The summed E-state index contributed by atoms with van der Waals surface area (Å²) < 4.78 is 1.07. The van der Waals surface area contributed by atoms with Gasteiger partial charge in [-0.2, -0.15) is 0 Å². The predicted molar refractivity (Wildman–Crippen MR) is 66.7 cm³/mol. The molecule has 0 saturated carbocycles. The van der Waals surface area contributed by atoms with Crippen LogP contribution in [0.15, 0.2) is 30.4 Å². The van der Waals surface area contributed by atoms with Gasteiger partial charge in [0.25, 0.3) is 0 Å². The van der Waals surface area contributed by atoms with Crippen LogP contribution < -0.4 is 10.4 Å². The first-order chi connectivity index (χ1) is 7.49. The van der Waals surface area contributed by atoms with Crippen LogP contribution in [0.4, 0.5) is 5.69 Å². The van der Waals surface area contributed by atoms with Gasteiger partial charge in [0.2, 0.25) is 5.91 Å². The van der Waals surface area contributed by atoms with E-state index in [-0.39, 0.29) is 0 Å². The number of hydrogen-bond acceptors (Lipinski definition) is 3. The van der Waals surface area contributed by atoms with Crippen molar-refractivity contribution < 1.29 is 14.7 Å². The minimum absolute atomic E-state index is 0.492. The molecule has 0 aliphatic heterocycles. The van der Waals surface area contributed by atoms with Gasteiger partial charge in [0.15, 0.2) is 0 Å². The minimum Gasteiger partial charge on any atom is -0.545 e. The van der Waals surface area contributed by atoms with E-state index < -0.39 is 11.9 Å². The molecule has 0 radical (unpaired) electrons. The normalized spacial score (nSPS) is 10.4. The van der Waals surface area contributed by atoms with Gasteiger partial charge in [-0.15, -0.1) is 0 Å². The molecule has 0 aliphatic rings. The largest absolute Gasteiger partial charge is 0.545 e. The van der Waals surface area contributed by atoms with Crippen molar-refractivity contribution >= 4 is 40.2 Å². The zero-order valence-corrected chi connectivity index (χ0v) is 10.6. The first-order valence-corrected chi connectivity index (χ1v) is 5.53. The smallest absolute Gasteiger partial charge is 0.248 e. The summed E-state index contributed by atoms with van der Waals surface area (Å²) in [5.74, 6) is -1.89. The SMILES string of the molecule is Cc1cc(I)ccc1NC(=O)/C=C/C(=O)[O-]. The molecule has 1 rings (SSSR count). The molecule has 1 amide bonds. The van der Waals surface area contributed by atoms with Crippen LogP contribution in [0.3, 0.4) is 0 Å². The molecule has 1 aromatic rings. The second-order valence-electron chi connectivity index (χ2n) is 3.10. The molecule has 0 heterocycles. The summed E-state index contributed by atoms with van der Waals surface area (Å²) >= 11 is 2.17. The highest BCUT2D eigenvalue weighted by Crippen LogP contribution is 2.17. The van der Waals surface area contributed by atoms with Gasteiger partial charge in [0.1, 0.15) is 0 Å². The maximum absolute atomic E-state index is 11.3. The Morgan fingerprint density at radius 2 is 2.06 bits per heavy atom. The van der Waals surface area contributed by atoms with E-state index in [1.807, 2.05) is 19.1 Å². The van der Waals surface area contributed by atoms with Crippen LogP contribution >= 0.6 is 22.6 Å². The zero-order valence-electron chi connectivity index (χ0n) is 8.49. The van der Waals surface area contributed by atoms with Crippen molar-refractivity contribution in [3.8, 4) is 0 Å². The number of hydrogen-bond donors (Lipinski definition) is 1. The molecule has 1 aromatic carbocycles. The van der Waals surface area contributed by atoms with Crippen molar-refractivity contribution in [2.24, 2.45) is 0 Å². The summed E-state index contributed by atoms with van der Waals surface area (Å²) in [6.45, 7) is 1.86. The molecule has 0 aromatic heterocycles. The number of carbonyl (C=O) groups is 2. The second-order valence-corrected chi connectivity index (χ2v) is 4.35. The summed E-state index contributed by atoms with van der Waals surface area (Å²) in [5.41, 5.74) is 1.58. The third kappa shape index (κ3) is 4.01. The van der Waals surface area contributed by atoms with Gasteiger partial charge in [-0.05, 0) is 59.4 Å². The van der Waals surface area contributed by atoms with E-state index in [0.717, 1.165) is 15.2 Å². The molecular formula is C11H9INO3-. The lowest BCUT2D eigenvalue weighted by atomic mass is 10.2. The average molecular weight is 330 g/mol. The molecule has 0 fully saturated rings. The number of amides is 1. The van der Waals surface area contributed by atoms with E-state index in [1.165, 1.54) is 0 Å². The van der Waals surface area contributed by atoms with E-state index in [2.05, 4.69) is 27.9 Å². The molecule has 1 N–H and O–H groups in total. The summed E-state index contributed by atoms with van der Waals surface area (Å²) in [6, 6.07) is 5.53. The Hall–Kier alpha value is -1.37. The summed E-state index contributed by atoms with van der Waals surface area (Å²) in [7, 11) is 0. The van der Waals surface area contributed by atoms with E-state index in [0.29, 0.717) is 11.8 Å². The Kier molecular flexibility index (Phi) is 4.48. The van der Waals surface area contributed by atoms with Crippen molar-refractivity contribution in [1.29, 1.82) is 0 Å². The Balaban J connectivity index is 2.73. The first-order valence-electron chi connectivity index (χ1n) is 4.45. The fourth-order valence-corrected chi connectivity index (χ4v) is 1.73. The molecule has 5 heteroatoms. The third-order valence-electron chi connectivity index (χ3n) is 1.82. The molecule has 84 valence electrons. The lowest BCUT2D eigenvalue weighted by Gasteiger charge is -2.06. The second kappa shape index (κ2) is 5.64. The Morgan fingerprint density at radius 3 is 2.62 bits per heavy atom. The fourth-order valence-electron chi connectivity index (χ4n) is 1.09. The molecule has 0 aliphatic carbocycles. The number of benzene rings is 1. The van der Waals surface area contributed by atoms with Gasteiger partial charge in [0, 0.05) is 15.3 Å². The van der Waals surface area contributed by atoms with Crippen molar-refractivity contribution in [2.45, 2.75) is 6.92 Å². The number of halogens is 1. The van der Waals surface area contributed by atoms with Crippen LogP contribution in [0.5, 0.6) is 0 Å². The van der Waals surface area contributed by atoms with Crippen LogP contribution in [0.1, 0.15) is 5.56 Å². The van der Waals surface area contributed by atoms with Crippen molar-refractivity contribution in [1.82, 2.24) is 0 Å². The van der Waals surface area contributed by atoms with Crippen LogP contribution in [0.25, 0.3) is 0 Å². The van der Waals surface area contributed by atoms with Gasteiger partial charge in [-0.3, -0.25) is 4.79 Å². The number of nitrogens with one attached hydrogen (secondary N) is 1. The van der Waals surface area contributed by atoms with Crippen LogP contribution in [0.2, 0.25) is 0 Å². The summed E-state index contributed by atoms with van der Waals surface area (Å²) in [6.07, 6.45) is 1.62. The zero-order chi connectivity index (χ0) is 12.1. The predicted octanol–water partition coefficient (Wildman–Crippen LogP) is 0.844. The monoisotopic (exact) mass is 330 g/mol. The number of aliphatic carboxylic acids is 1. The lowest BCUT2D eigenvalue weighted by molar-refractivity contribution is -0.297. The molecular weight excluding hydrogens is 321 g/mol. The Morgan fingerprint density at radius 1 is 1.38 bits per heavy atom. The molecule has 0 saturated heterocycles. The minimum atomic E-state index is -1.39. The molecule has 0 atom stereocenters. The standard InChI is InChI=1S/C11H10INO3/c1-7-6-8(12)2-3-9(7)13-10(14)4-5-11(15)16/h2-6H,1H3,(H,13,14)(H,15,16)/p-1/b5-4+. The van der Waals surface area contributed by atoms with Crippen molar-refractivity contribution in [3.63, 3.8) is 0 Å². The molecule has 4 nitrogen and oxygen atoms in total. The topological polar surface area (TPSA) is 69.2 Å². The number of aryl methyl sites for hydroxylation is 1. The maximum Gasteiger partial charge on any atom is 0.248 e. The first kappa shape index (κ1) is 12.7. The number of carbonyl (C=O) groups excluding carboxylic acids is 2. The van der Waals surface area contributed by atoms with E-state index in [1.54, 1.807) is 6.07 Å². The number of carboxylic acid groups (broad SMARTS) is 1. The lowest BCUT2D eigenvalue weighted by Crippen LogP contribution is -2.20. The average Bonchev–Trinajstić information content (AvgIpc) is 2.19. The maximum atomic E-state index is 11.3. The number of anilines is 1. The Labute approximate surface area is 106 Å². The third-order valence-corrected chi connectivity index (χ3v) is 2.49. The highest BCUT2D eigenvalue weighted by Gasteiger charge is 2.01. The molecule has 0 bridgehead atoms. The van der Waals surface area contributed by atoms with Crippen molar-refractivity contribution in [3.05, 3.63) is 39.5 Å². The highest BCUT2D eigenvalue weighted by molar-refractivity contribution is 14.1. The van der Waals surface area contributed by atoms with Crippen molar-refractivity contribution in [2.75, 3.05) is 5.32 Å². The Bertz CT molecular complexity index is 455. The van der Waals surface area contributed by atoms with Crippen LogP contribution in [0, 0.1) is 10.5 Å². The summed E-state index contributed by atoms with van der Waals surface area (Å²) in [4.78, 5) is 21.4. The van der Waals surface area contributed by atoms with Gasteiger partial charge in [0.05, 0.1) is 5.97 Å². The van der Waals surface area contributed by atoms with Gasteiger partial charge in [-0.1, -0.05) is 0 Å². The van der Waals surface area contributed by atoms with Crippen LogP contribution in [-0.4, -0.2) is 11.9 Å². The van der Waals surface area contributed by atoms with Gasteiger partial charge >= 0.3 is 0 Å². The molecule has 0 spiro atoms. The van der Waals surface area contributed by atoms with E-state index >= 15 is 0 Å². The number of rotatable bonds is 3. The van der Waals surface area contributed by atoms with Crippen LogP contribution in [-0.2, 0) is 9.59 Å². The number of carboxylic acids is 1. The van der Waals surface area contributed by atoms with E-state index in [9.17, 15) is 14.7 Å².